The molecule has 1 aromatic heterocycles. The highest BCUT2D eigenvalue weighted by molar-refractivity contribution is 7.92. The van der Waals surface area contributed by atoms with Crippen LogP contribution in [0.2, 0.25) is 0 Å². The molecule has 0 radical (unpaired) electrons. The summed E-state index contributed by atoms with van der Waals surface area (Å²) in [5, 5.41) is 4.25. The van der Waals surface area contributed by atoms with E-state index in [2.05, 4.69) is 28.0 Å². The first kappa shape index (κ1) is 22.6. The Bertz CT molecular complexity index is 1360. The van der Waals surface area contributed by atoms with Crippen LogP contribution in [0.1, 0.15) is 41.4 Å². The lowest BCUT2D eigenvalue weighted by Crippen LogP contribution is -2.21. The number of aryl methyl sites for hydroxylation is 1. The van der Waals surface area contributed by atoms with Crippen molar-refractivity contribution in [1.29, 1.82) is 0 Å². The fraction of sp³-hybridized carbons (Fsp3) is 0.192. The van der Waals surface area contributed by atoms with E-state index in [4.69, 9.17) is 0 Å². The number of H-pyrrole nitrogens is 1. The highest BCUT2D eigenvalue weighted by Gasteiger charge is 2.25. The average molecular weight is 462 g/mol. The predicted molar refractivity (Wildman–Crippen MR) is 134 cm³/mol. The van der Waals surface area contributed by atoms with Gasteiger partial charge in [0, 0.05) is 34.0 Å². The third kappa shape index (κ3) is 4.93. The summed E-state index contributed by atoms with van der Waals surface area (Å²) in [6.45, 7) is 3.68. The summed E-state index contributed by atoms with van der Waals surface area (Å²) in [5.74, 6) is -0.0430. The second-order valence-corrected chi connectivity index (χ2v) is 9.84. The maximum atomic E-state index is 13.7. The Balaban J connectivity index is 1.67. The molecule has 0 saturated carbocycles. The van der Waals surface area contributed by atoms with Crippen molar-refractivity contribution in [1.82, 2.24) is 4.98 Å². The maximum absolute atomic E-state index is 13.7. The highest BCUT2D eigenvalue weighted by Crippen LogP contribution is 2.29. The topological polar surface area (TPSA) is 91.1 Å². The van der Waals surface area contributed by atoms with Crippen LogP contribution in [-0.2, 0) is 16.4 Å². The summed E-state index contributed by atoms with van der Waals surface area (Å²) >= 11 is 0. The van der Waals surface area contributed by atoms with E-state index in [1.165, 1.54) is 5.56 Å². The zero-order valence-corrected chi connectivity index (χ0v) is 19.4. The van der Waals surface area contributed by atoms with Gasteiger partial charge in [-0.25, -0.2) is 8.42 Å². The largest absolute Gasteiger partial charge is 0.371 e. The number of para-hydroxylation sites is 1. The Morgan fingerprint density at radius 2 is 1.61 bits per heavy atom. The lowest BCUT2D eigenvalue weighted by Gasteiger charge is -2.20. The molecule has 0 aliphatic rings. The molecule has 170 valence electrons. The molecule has 33 heavy (non-hydrogen) atoms. The van der Waals surface area contributed by atoms with Crippen molar-refractivity contribution in [2.45, 2.75) is 26.3 Å². The molecule has 4 aromatic rings. The van der Waals surface area contributed by atoms with E-state index in [0.717, 1.165) is 22.9 Å². The Labute approximate surface area is 194 Å². The van der Waals surface area contributed by atoms with Crippen molar-refractivity contribution in [3.63, 3.8) is 0 Å². The molecule has 1 heterocycles. The van der Waals surface area contributed by atoms with Gasteiger partial charge >= 0.3 is 0 Å². The van der Waals surface area contributed by atoms with Crippen molar-refractivity contribution in [3.05, 3.63) is 95.7 Å². The lowest BCUT2D eigenvalue weighted by atomic mass is 9.96. The Hall–Kier alpha value is -3.58. The number of nitrogens with one attached hydrogen (secondary N) is 3. The molecule has 0 bridgehead atoms. The van der Waals surface area contributed by atoms with E-state index in [1.807, 2.05) is 42.5 Å². The van der Waals surface area contributed by atoms with Crippen LogP contribution in [0.5, 0.6) is 0 Å². The number of hydrogen-bond acceptors (Lipinski definition) is 4. The molecule has 0 spiro atoms. The number of carbonyl (C=O) groups is 1. The fourth-order valence-corrected chi connectivity index (χ4v) is 4.51. The molecule has 0 aliphatic heterocycles. The second kappa shape index (κ2) is 9.50. The molecule has 3 aromatic carbocycles. The van der Waals surface area contributed by atoms with Crippen molar-refractivity contribution in [2.75, 3.05) is 15.8 Å². The van der Waals surface area contributed by atoms with Crippen molar-refractivity contribution >= 4 is 38.1 Å². The van der Waals surface area contributed by atoms with Gasteiger partial charge in [-0.2, -0.15) is 0 Å². The molecule has 0 unspecified atom stereocenters. The van der Waals surface area contributed by atoms with E-state index < -0.39 is 16.1 Å². The molecular weight excluding hydrogens is 434 g/mol. The van der Waals surface area contributed by atoms with Crippen LogP contribution in [0.25, 0.3) is 10.9 Å². The van der Waals surface area contributed by atoms with Gasteiger partial charge in [-0.1, -0.05) is 55.5 Å². The van der Waals surface area contributed by atoms with Gasteiger partial charge in [0.25, 0.3) is 0 Å². The van der Waals surface area contributed by atoms with Crippen molar-refractivity contribution in [3.8, 4) is 0 Å². The smallest absolute Gasteiger partial charge is 0.232 e. The number of carbonyl (C=O) groups excluding carboxylic acids is 1. The fourth-order valence-electron chi connectivity index (χ4n) is 3.87. The normalized spacial score (nSPS) is 12.4. The number of fused-ring (bicyclic) bond motifs is 1. The second-order valence-electron chi connectivity index (χ2n) is 7.83. The molecule has 1 atom stereocenters. The minimum absolute atomic E-state index is 0.00194. The number of anilines is 2. The van der Waals surface area contributed by atoms with Crippen LogP contribution in [0.4, 0.5) is 11.4 Å². The molecule has 0 amide bonds. The summed E-state index contributed by atoms with van der Waals surface area (Å²) in [6, 6.07) is 21.9. The van der Waals surface area contributed by atoms with Crippen LogP contribution in [0.3, 0.4) is 0 Å². The van der Waals surface area contributed by atoms with E-state index in [1.54, 1.807) is 37.4 Å². The molecular formula is C26H27N3O3S. The summed E-state index contributed by atoms with van der Waals surface area (Å²) in [6.07, 6.45) is 2.66. The number of benzene rings is 3. The number of hydrogen-bond donors (Lipinski definition) is 3. The molecule has 6 nitrogen and oxygen atoms in total. The molecule has 3 N–H and O–H groups in total. The van der Waals surface area contributed by atoms with Crippen LogP contribution >= 0.6 is 0 Å². The number of aromatic amines is 1. The van der Waals surface area contributed by atoms with E-state index in [0.29, 0.717) is 16.9 Å². The zero-order valence-electron chi connectivity index (χ0n) is 18.6. The first-order chi connectivity index (χ1) is 15.9. The van der Waals surface area contributed by atoms with Crippen LogP contribution in [0, 0.1) is 0 Å². The number of sulfonamides is 1. The molecule has 0 aliphatic carbocycles. The summed E-state index contributed by atoms with van der Waals surface area (Å²) in [7, 11) is -3.35. The van der Waals surface area contributed by atoms with Gasteiger partial charge in [0.2, 0.25) is 10.0 Å². The van der Waals surface area contributed by atoms with E-state index >= 15 is 0 Å². The van der Waals surface area contributed by atoms with Crippen molar-refractivity contribution < 1.29 is 13.2 Å². The summed E-state index contributed by atoms with van der Waals surface area (Å²) in [4.78, 5) is 17.0. The van der Waals surface area contributed by atoms with Gasteiger partial charge in [-0.3, -0.25) is 9.52 Å². The van der Waals surface area contributed by atoms with Gasteiger partial charge in [0.05, 0.1) is 5.75 Å². The third-order valence-electron chi connectivity index (χ3n) is 5.69. The van der Waals surface area contributed by atoms with Gasteiger partial charge in [-0.05, 0) is 48.7 Å². The minimum atomic E-state index is -3.35. The summed E-state index contributed by atoms with van der Waals surface area (Å²) < 4.78 is 26.2. The SMILES string of the molecule is CCc1cccc2c(C(=O)[C@H](Nc3ccc(NS(=O)(=O)CC)cc3)c3ccccc3)c[nH]c12. The molecule has 7 heteroatoms. The Kier molecular flexibility index (Phi) is 6.51. The first-order valence-corrected chi connectivity index (χ1v) is 12.6. The number of aromatic nitrogens is 1. The lowest BCUT2D eigenvalue weighted by molar-refractivity contribution is 0.0971. The average Bonchev–Trinajstić information content (AvgIpc) is 3.28. The van der Waals surface area contributed by atoms with E-state index in [9.17, 15) is 13.2 Å². The quantitative estimate of drug-likeness (QED) is 0.286. The minimum Gasteiger partial charge on any atom is -0.371 e. The monoisotopic (exact) mass is 461 g/mol. The van der Waals surface area contributed by atoms with Crippen LogP contribution in [0.15, 0.2) is 79.0 Å². The van der Waals surface area contributed by atoms with Gasteiger partial charge in [0.1, 0.15) is 6.04 Å². The van der Waals surface area contributed by atoms with Gasteiger partial charge in [0.15, 0.2) is 5.78 Å². The first-order valence-electron chi connectivity index (χ1n) is 11.0. The zero-order chi connectivity index (χ0) is 23.4. The molecule has 4 rings (SSSR count). The summed E-state index contributed by atoms with van der Waals surface area (Å²) in [5.41, 5.74) is 4.83. The van der Waals surface area contributed by atoms with E-state index in [-0.39, 0.29) is 11.5 Å². The maximum Gasteiger partial charge on any atom is 0.232 e. The Morgan fingerprint density at radius 3 is 2.27 bits per heavy atom. The third-order valence-corrected chi connectivity index (χ3v) is 7.00. The predicted octanol–water partition coefficient (Wildman–Crippen LogP) is 5.53. The molecule has 0 fully saturated rings. The Morgan fingerprint density at radius 1 is 0.909 bits per heavy atom. The molecule has 0 saturated heterocycles. The number of ketones is 1. The van der Waals surface area contributed by atoms with Crippen LogP contribution < -0.4 is 10.0 Å². The standard InChI is InChI=1S/C26H27N3O3S/c1-3-18-11-8-12-22-23(17-27-24(18)22)26(30)25(19-9-6-5-7-10-19)28-20-13-15-21(16-14-20)29-33(31,32)4-2/h5-17,25,27-29H,3-4H2,1-2H3/t25-/m1/s1. The number of rotatable bonds is 9. The highest BCUT2D eigenvalue weighted by atomic mass is 32.2. The van der Waals surface area contributed by atoms with Crippen molar-refractivity contribution in [2.24, 2.45) is 0 Å². The van der Waals surface area contributed by atoms with Gasteiger partial charge in [-0.15, -0.1) is 0 Å². The van der Waals surface area contributed by atoms with Gasteiger partial charge < -0.3 is 10.3 Å². The van der Waals surface area contributed by atoms with Crippen LogP contribution in [-0.4, -0.2) is 24.9 Å². The number of Topliss-reactive ketones (excluding diaryl/α,β-unsaturated/α-hetero) is 1.